The number of hydrogen-bond acceptors (Lipinski definition) is 3. The molecule has 0 radical (unpaired) electrons. The van der Waals surface area contributed by atoms with Crippen LogP contribution in [0.25, 0.3) is 0 Å². The molecule has 106 valence electrons. The van der Waals surface area contributed by atoms with Crippen molar-refractivity contribution in [2.75, 3.05) is 13.2 Å². The third-order valence-electron chi connectivity index (χ3n) is 3.26. The van der Waals surface area contributed by atoms with Crippen LogP contribution in [-0.2, 0) is 4.79 Å². The zero-order valence-electron chi connectivity index (χ0n) is 12.0. The normalized spacial score (nSPS) is 13.8. The molecule has 1 amide bonds. The quantitative estimate of drug-likeness (QED) is 0.755. The maximum Gasteiger partial charge on any atom is 0.237 e. The number of nitrogens with two attached hydrogens (primary N) is 1. The third-order valence-corrected chi connectivity index (χ3v) is 3.26. The van der Waals surface area contributed by atoms with Crippen molar-refractivity contribution >= 4 is 5.91 Å². The van der Waals surface area contributed by atoms with Gasteiger partial charge in [0.05, 0.1) is 12.1 Å². The number of para-hydroxylation sites is 1. The van der Waals surface area contributed by atoms with E-state index in [0.29, 0.717) is 13.0 Å². The number of benzene rings is 1. The number of primary amides is 1. The van der Waals surface area contributed by atoms with Crippen LogP contribution in [0.1, 0.15) is 32.3 Å². The van der Waals surface area contributed by atoms with Gasteiger partial charge >= 0.3 is 0 Å². The van der Waals surface area contributed by atoms with E-state index in [0.717, 1.165) is 24.3 Å². The second-order valence-corrected chi connectivity index (χ2v) is 4.99. The summed E-state index contributed by atoms with van der Waals surface area (Å²) in [5.41, 5.74) is 5.84. The Morgan fingerprint density at radius 3 is 2.68 bits per heavy atom. The lowest BCUT2D eigenvalue weighted by Gasteiger charge is -2.27. The minimum atomic E-state index is -0.710. The van der Waals surface area contributed by atoms with Gasteiger partial charge in [-0.3, -0.25) is 4.79 Å². The topological polar surface area (TPSA) is 64.3 Å². The fourth-order valence-electron chi connectivity index (χ4n) is 1.78. The average molecular weight is 264 g/mol. The van der Waals surface area contributed by atoms with Gasteiger partial charge in [0, 0.05) is 6.42 Å². The van der Waals surface area contributed by atoms with Gasteiger partial charge in [-0.2, -0.15) is 0 Å². The summed E-state index contributed by atoms with van der Waals surface area (Å²) in [7, 11) is 0. The zero-order valence-corrected chi connectivity index (χ0v) is 12.0. The Hall–Kier alpha value is -1.55. The Bertz CT molecular complexity index is 420. The van der Waals surface area contributed by atoms with Crippen LogP contribution < -0.4 is 15.8 Å². The Balaban J connectivity index is 2.53. The van der Waals surface area contributed by atoms with Crippen LogP contribution >= 0.6 is 0 Å². The third kappa shape index (κ3) is 4.56. The summed E-state index contributed by atoms with van der Waals surface area (Å²) in [6, 6.07) is 7.83. The van der Waals surface area contributed by atoms with E-state index in [1.165, 1.54) is 0 Å². The molecular weight excluding hydrogens is 240 g/mol. The van der Waals surface area contributed by atoms with Crippen LogP contribution in [0.3, 0.4) is 0 Å². The minimum absolute atomic E-state index is 0.339. The van der Waals surface area contributed by atoms with E-state index in [1.54, 1.807) is 0 Å². The van der Waals surface area contributed by atoms with Gasteiger partial charge < -0.3 is 15.8 Å². The van der Waals surface area contributed by atoms with Crippen molar-refractivity contribution in [1.29, 1.82) is 0 Å². The number of aryl methyl sites for hydroxylation is 1. The molecule has 1 aromatic carbocycles. The van der Waals surface area contributed by atoms with E-state index < -0.39 is 5.54 Å². The van der Waals surface area contributed by atoms with E-state index in [9.17, 15) is 4.79 Å². The standard InChI is InChI=1S/C15H24N2O2/c1-4-10-17-15(3,14(16)18)9-11-19-13-8-6-5-7-12(13)2/h5-8,17H,4,9-11H2,1-3H3,(H2,16,18). The van der Waals surface area contributed by atoms with E-state index in [-0.39, 0.29) is 5.91 Å². The van der Waals surface area contributed by atoms with Gasteiger partial charge in [-0.25, -0.2) is 0 Å². The van der Waals surface area contributed by atoms with Crippen molar-refractivity contribution < 1.29 is 9.53 Å². The summed E-state index contributed by atoms with van der Waals surface area (Å²) in [6.45, 7) is 7.10. The molecule has 0 spiro atoms. The zero-order chi connectivity index (χ0) is 14.3. The van der Waals surface area contributed by atoms with E-state index >= 15 is 0 Å². The summed E-state index contributed by atoms with van der Waals surface area (Å²) in [5.74, 6) is 0.513. The number of carbonyl (C=O) groups excluding carboxylic acids is 1. The number of nitrogens with one attached hydrogen (secondary N) is 1. The van der Waals surface area contributed by atoms with E-state index in [1.807, 2.05) is 38.1 Å². The van der Waals surface area contributed by atoms with Gasteiger partial charge in [0.25, 0.3) is 0 Å². The van der Waals surface area contributed by atoms with Crippen LogP contribution in [0.2, 0.25) is 0 Å². The molecule has 4 nitrogen and oxygen atoms in total. The van der Waals surface area contributed by atoms with Crippen LogP contribution in [0.5, 0.6) is 5.75 Å². The van der Waals surface area contributed by atoms with Gasteiger partial charge in [0.1, 0.15) is 5.75 Å². The van der Waals surface area contributed by atoms with Gasteiger partial charge in [0.2, 0.25) is 5.91 Å². The van der Waals surface area contributed by atoms with Crippen molar-refractivity contribution in [3.05, 3.63) is 29.8 Å². The largest absolute Gasteiger partial charge is 0.493 e. The van der Waals surface area contributed by atoms with E-state index in [2.05, 4.69) is 12.2 Å². The maximum atomic E-state index is 11.5. The lowest BCUT2D eigenvalue weighted by atomic mass is 9.97. The number of carbonyl (C=O) groups is 1. The van der Waals surface area contributed by atoms with Crippen LogP contribution in [0, 0.1) is 6.92 Å². The first-order valence-corrected chi connectivity index (χ1v) is 6.73. The molecule has 1 rings (SSSR count). The molecule has 0 saturated heterocycles. The first kappa shape index (κ1) is 15.5. The monoisotopic (exact) mass is 264 g/mol. The molecule has 0 aliphatic rings. The molecule has 0 fully saturated rings. The van der Waals surface area contributed by atoms with Gasteiger partial charge in [0.15, 0.2) is 0 Å². The molecule has 1 atom stereocenters. The van der Waals surface area contributed by atoms with Crippen molar-refractivity contribution in [2.45, 2.75) is 39.2 Å². The molecule has 1 unspecified atom stereocenters. The summed E-state index contributed by atoms with van der Waals surface area (Å²) in [6.07, 6.45) is 1.51. The second kappa shape index (κ2) is 7.14. The Labute approximate surface area is 115 Å². The Kier molecular flexibility index (Phi) is 5.83. The molecule has 0 bridgehead atoms. The highest BCUT2D eigenvalue weighted by molar-refractivity contribution is 5.84. The lowest BCUT2D eigenvalue weighted by Crippen LogP contribution is -2.54. The van der Waals surface area contributed by atoms with Crippen LogP contribution in [0.4, 0.5) is 0 Å². The fourth-order valence-corrected chi connectivity index (χ4v) is 1.78. The first-order valence-electron chi connectivity index (χ1n) is 6.73. The van der Waals surface area contributed by atoms with E-state index in [4.69, 9.17) is 10.5 Å². The first-order chi connectivity index (χ1) is 8.99. The minimum Gasteiger partial charge on any atom is -0.493 e. The fraction of sp³-hybridized carbons (Fsp3) is 0.533. The molecule has 0 heterocycles. The Morgan fingerprint density at radius 2 is 2.11 bits per heavy atom. The van der Waals surface area contributed by atoms with Gasteiger partial charge in [-0.1, -0.05) is 25.1 Å². The van der Waals surface area contributed by atoms with Crippen molar-refractivity contribution in [1.82, 2.24) is 5.32 Å². The predicted octanol–water partition coefficient (Wildman–Crippen LogP) is 2.01. The molecule has 3 N–H and O–H groups in total. The summed E-state index contributed by atoms with van der Waals surface area (Å²) in [4.78, 5) is 11.5. The molecule has 0 saturated carbocycles. The second-order valence-electron chi connectivity index (χ2n) is 4.99. The number of hydrogen-bond donors (Lipinski definition) is 2. The highest BCUT2D eigenvalue weighted by Gasteiger charge is 2.29. The molecule has 0 aromatic heterocycles. The van der Waals surface area contributed by atoms with Gasteiger partial charge in [-0.15, -0.1) is 0 Å². The highest BCUT2D eigenvalue weighted by atomic mass is 16.5. The van der Waals surface area contributed by atoms with Crippen LogP contribution in [-0.4, -0.2) is 24.6 Å². The average Bonchev–Trinajstić information content (AvgIpc) is 2.38. The van der Waals surface area contributed by atoms with Crippen molar-refractivity contribution in [3.8, 4) is 5.75 Å². The van der Waals surface area contributed by atoms with Crippen molar-refractivity contribution in [3.63, 3.8) is 0 Å². The summed E-state index contributed by atoms with van der Waals surface area (Å²) in [5, 5.41) is 3.19. The SMILES string of the molecule is CCCNC(C)(CCOc1ccccc1C)C(N)=O. The smallest absolute Gasteiger partial charge is 0.237 e. The maximum absolute atomic E-state index is 11.5. The number of ether oxygens (including phenoxy) is 1. The number of amides is 1. The predicted molar refractivity (Wildman–Crippen MR) is 77.2 cm³/mol. The molecule has 0 aliphatic carbocycles. The van der Waals surface area contributed by atoms with Gasteiger partial charge in [-0.05, 0) is 38.4 Å². The molecular formula is C15H24N2O2. The van der Waals surface area contributed by atoms with Crippen molar-refractivity contribution in [2.24, 2.45) is 5.73 Å². The number of rotatable bonds is 8. The summed E-state index contributed by atoms with van der Waals surface area (Å²) < 4.78 is 5.71. The lowest BCUT2D eigenvalue weighted by molar-refractivity contribution is -0.124. The van der Waals surface area contributed by atoms with Crippen LogP contribution in [0.15, 0.2) is 24.3 Å². The molecule has 0 aliphatic heterocycles. The molecule has 1 aromatic rings. The Morgan fingerprint density at radius 1 is 1.42 bits per heavy atom. The highest BCUT2D eigenvalue weighted by Crippen LogP contribution is 2.18. The summed E-state index contributed by atoms with van der Waals surface area (Å²) >= 11 is 0. The molecule has 19 heavy (non-hydrogen) atoms. The molecule has 4 heteroatoms.